The van der Waals surface area contributed by atoms with E-state index in [1.54, 1.807) is 0 Å². The maximum absolute atomic E-state index is 8.39. The molecule has 0 aromatic heterocycles. The van der Waals surface area contributed by atoms with Gasteiger partial charge in [-0.1, -0.05) is 13.3 Å². The van der Waals surface area contributed by atoms with Crippen LogP contribution in [0.25, 0.3) is 0 Å². The Kier molecular flexibility index (Phi) is 4.54. The first-order valence-corrected chi connectivity index (χ1v) is 3.11. The smallest absolute Gasteiger partial charge is 0.0666 e. The molecule has 0 bridgehead atoms. The molecule has 0 N–H and O–H groups in total. The fraction of sp³-hybridized carbons (Fsp3) is 0.714. The average molecular weight is 123 g/mol. The second kappa shape index (κ2) is 5.12. The van der Waals surface area contributed by atoms with Crippen molar-refractivity contribution in [3.63, 3.8) is 0 Å². The van der Waals surface area contributed by atoms with Gasteiger partial charge in [-0.15, -0.1) is 0 Å². The topological polar surface area (TPSA) is 47.6 Å². The molecular weight excluding hydrogens is 113 g/mol. The molecule has 9 heavy (non-hydrogen) atoms. The third-order valence-electron chi connectivity index (χ3n) is 1.16. The number of nitrogens with zero attached hydrogens (tertiary/aromatic N) is 2. The molecule has 0 aromatic carbocycles. The molecule has 0 amide bonds. The van der Waals surface area contributed by atoms with Gasteiger partial charge < -0.3 is 0 Å². The lowest BCUT2D eigenvalue weighted by Gasteiger charge is -1.97. The Balaban J connectivity index is 3.48. The Labute approximate surface area is 55.7 Å². The van der Waals surface area contributed by atoms with Gasteiger partial charge in [0, 0.05) is 0 Å². The molecule has 0 radical (unpaired) electrons. The van der Waals surface area contributed by atoms with Gasteiger partial charge in [-0.25, -0.2) is 0 Å². The summed E-state index contributed by atoms with van der Waals surface area (Å²) in [7, 11) is 0. The number of hydrogen-bond donors (Lipinski definition) is 0. The van der Waals surface area contributed by atoms with E-state index in [0.29, 0.717) is 6.42 Å². The lowest BCUT2D eigenvalue weighted by Crippen LogP contribution is -1.93. The molecule has 0 heterocycles. The summed E-state index contributed by atoms with van der Waals surface area (Å²) in [5.41, 5.74) is 0. The minimum atomic E-state index is -0.0417. The quantitative estimate of drug-likeness (QED) is 0.537. The van der Waals surface area contributed by atoms with Crippen molar-refractivity contribution in [2.75, 3.05) is 0 Å². The third kappa shape index (κ3) is 3.55. The second-order valence-corrected chi connectivity index (χ2v) is 1.98. The Morgan fingerprint density at radius 1 is 1.44 bits per heavy atom. The van der Waals surface area contributed by atoms with Gasteiger partial charge in [0.15, 0.2) is 0 Å². The van der Waals surface area contributed by atoms with Gasteiger partial charge in [-0.05, 0) is 6.42 Å². The summed E-state index contributed by atoms with van der Waals surface area (Å²) < 4.78 is 0. The minimum Gasteiger partial charge on any atom is -0.198 e. The van der Waals surface area contributed by atoms with Gasteiger partial charge in [-0.2, -0.15) is 10.5 Å². The van der Waals surface area contributed by atoms with E-state index in [0.717, 1.165) is 12.8 Å². The van der Waals surface area contributed by atoms with Crippen molar-refractivity contribution in [3.8, 4) is 12.1 Å². The zero-order valence-corrected chi connectivity index (χ0v) is 5.59. The maximum Gasteiger partial charge on any atom is 0.0666 e. The summed E-state index contributed by atoms with van der Waals surface area (Å²) in [6.45, 7) is 2.02. The van der Waals surface area contributed by atoms with Gasteiger partial charge in [-0.3, -0.25) is 0 Å². The normalized spacial score (nSPS) is 11.4. The van der Waals surface area contributed by atoms with Crippen molar-refractivity contribution in [3.05, 3.63) is 0 Å². The van der Waals surface area contributed by atoms with Crippen LogP contribution in [0.15, 0.2) is 0 Å². The predicted octanol–water partition coefficient (Wildman–Crippen LogP) is 1.84. The average Bonchev–Trinajstić information content (AvgIpc) is 1.88. The molecule has 0 spiro atoms. The van der Waals surface area contributed by atoms with E-state index in [9.17, 15) is 0 Å². The zero-order valence-electron chi connectivity index (χ0n) is 5.59. The molecular formula is C7H10N2. The predicted molar refractivity (Wildman–Crippen MR) is 34.2 cm³/mol. The van der Waals surface area contributed by atoms with E-state index in [1.807, 2.05) is 13.0 Å². The minimum absolute atomic E-state index is 0.0417. The van der Waals surface area contributed by atoms with E-state index in [-0.39, 0.29) is 5.92 Å². The van der Waals surface area contributed by atoms with Crippen LogP contribution in [0, 0.1) is 28.6 Å². The van der Waals surface area contributed by atoms with Gasteiger partial charge >= 0.3 is 0 Å². The fourth-order valence-corrected chi connectivity index (χ4v) is 0.671. The summed E-state index contributed by atoms with van der Waals surface area (Å²) in [4.78, 5) is 0. The summed E-state index contributed by atoms with van der Waals surface area (Å²) in [5.74, 6) is -0.0417. The first kappa shape index (κ1) is 7.98. The van der Waals surface area contributed by atoms with Crippen LogP contribution in [0.2, 0.25) is 0 Å². The highest BCUT2D eigenvalue weighted by molar-refractivity contribution is 4.89. The van der Waals surface area contributed by atoms with Crippen LogP contribution in [0.5, 0.6) is 0 Å². The Morgan fingerprint density at radius 3 is 2.44 bits per heavy atom. The monoisotopic (exact) mass is 123 g/mol. The molecule has 1 unspecified atom stereocenters. The van der Waals surface area contributed by atoms with Crippen molar-refractivity contribution in [1.82, 2.24) is 0 Å². The molecule has 48 valence electrons. The first-order chi connectivity index (χ1) is 4.35. The summed E-state index contributed by atoms with van der Waals surface area (Å²) >= 11 is 0. The molecule has 2 heteroatoms. The Morgan fingerprint density at radius 2 is 2.11 bits per heavy atom. The maximum atomic E-state index is 8.39. The van der Waals surface area contributed by atoms with E-state index < -0.39 is 0 Å². The van der Waals surface area contributed by atoms with Crippen molar-refractivity contribution >= 4 is 0 Å². The summed E-state index contributed by atoms with van der Waals surface area (Å²) in [6, 6.07) is 4.06. The van der Waals surface area contributed by atoms with Crippen LogP contribution < -0.4 is 0 Å². The van der Waals surface area contributed by atoms with Gasteiger partial charge in [0.2, 0.25) is 0 Å². The standard InChI is InChI=1S/C7H10N2/c1-2-3-7(6-9)4-5-8/h7H,2-4H2,1H3/i5+1. The molecule has 0 aliphatic rings. The largest absolute Gasteiger partial charge is 0.198 e. The van der Waals surface area contributed by atoms with Crippen LogP contribution in [-0.4, -0.2) is 0 Å². The molecule has 0 aromatic rings. The molecule has 1 atom stereocenters. The van der Waals surface area contributed by atoms with Crippen LogP contribution in [0.1, 0.15) is 26.2 Å². The SMILES string of the molecule is CCCC(C#N)C[13C]#N. The fourth-order valence-electron chi connectivity index (χ4n) is 0.671. The van der Waals surface area contributed by atoms with Gasteiger partial charge in [0.05, 0.1) is 24.5 Å². The number of nitriles is 2. The second-order valence-electron chi connectivity index (χ2n) is 1.98. The zero-order chi connectivity index (χ0) is 7.11. The molecule has 0 saturated carbocycles. The summed E-state index contributed by atoms with van der Waals surface area (Å²) in [6.07, 6.45) is 2.22. The van der Waals surface area contributed by atoms with E-state index in [4.69, 9.17) is 10.5 Å². The van der Waals surface area contributed by atoms with Crippen LogP contribution in [-0.2, 0) is 0 Å². The number of rotatable bonds is 3. The van der Waals surface area contributed by atoms with Gasteiger partial charge in [0.1, 0.15) is 0 Å². The number of hydrogen-bond acceptors (Lipinski definition) is 2. The van der Waals surface area contributed by atoms with Gasteiger partial charge in [0.25, 0.3) is 0 Å². The highest BCUT2D eigenvalue weighted by Crippen LogP contribution is 2.07. The third-order valence-corrected chi connectivity index (χ3v) is 1.16. The molecule has 0 aliphatic carbocycles. The molecule has 0 rings (SSSR count). The van der Waals surface area contributed by atoms with Crippen LogP contribution in [0.3, 0.4) is 0 Å². The Bertz CT molecular complexity index is 138. The van der Waals surface area contributed by atoms with Crippen molar-refractivity contribution < 1.29 is 0 Å². The lowest BCUT2D eigenvalue weighted by molar-refractivity contribution is 0.605. The molecule has 0 fully saturated rings. The molecule has 2 nitrogen and oxygen atoms in total. The van der Waals surface area contributed by atoms with Crippen LogP contribution in [0.4, 0.5) is 0 Å². The molecule has 0 saturated heterocycles. The van der Waals surface area contributed by atoms with E-state index in [1.165, 1.54) is 0 Å². The van der Waals surface area contributed by atoms with Crippen molar-refractivity contribution in [2.24, 2.45) is 5.92 Å². The highest BCUT2D eigenvalue weighted by atomic mass is 14.4. The molecule has 0 aliphatic heterocycles. The first-order valence-electron chi connectivity index (χ1n) is 3.11. The van der Waals surface area contributed by atoms with Crippen molar-refractivity contribution in [2.45, 2.75) is 26.2 Å². The Hall–Kier alpha value is -1.02. The van der Waals surface area contributed by atoms with E-state index >= 15 is 0 Å². The highest BCUT2D eigenvalue weighted by Gasteiger charge is 2.02. The van der Waals surface area contributed by atoms with Crippen LogP contribution >= 0.6 is 0 Å². The lowest BCUT2D eigenvalue weighted by atomic mass is 10.1. The van der Waals surface area contributed by atoms with E-state index in [2.05, 4.69) is 6.07 Å². The summed E-state index contributed by atoms with van der Waals surface area (Å²) in [5, 5.41) is 16.6. The van der Waals surface area contributed by atoms with Crippen molar-refractivity contribution in [1.29, 1.82) is 10.5 Å².